The summed E-state index contributed by atoms with van der Waals surface area (Å²) in [6.45, 7) is 2.08. The van der Waals surface area contributed by atoms with Crippen LogP contribution >= 0.6 is 11.6 Å². The Bertz CT molecular complexity index is 583. The molecular formula is C14H14ClF3N2O. The average molecular weight is 319 g/mol. The summed E-state index contributed by atoms with van der Waals surface area (Å²) < 4.78 is 38.2. The monoisotopic (exact) mass is 318 g/mol. The van der Waals surface area contributed by atoms with Crippen LogP contribution in [-0.4, -0.2) is 30.0 Å². The number of nitrogens with zero attached hydrogens (tertiary/aromatic N) is 2. The van der Waals surface area contributed by atoms with E-state index < -0.39 is 18.3 Å². The summed E-state index contributed by atoms with van der Waals surface area (Å²) in [5.41, 5.74) is 1.37. The molecule has 114 valence electrons. The maximum Gasteiger partial charge on any atom is 0.416 e. The topological polar surface area (TPSA) is 47.3 Å². The average Bonchev–Trinajstić information content (AvgIpc) is 2.88. The van der Waals surface area contributed by atoms with E-state index in [0.717, 1.165) is 0 Å². The van der Waals surface area contributed by atoms with Crippen molar-refractivity contribution in [2.45, 2.75) is 38.1 Å². The van der Waals surface area contributed by atoms with Crippen LogP contribution in [-0.2, 0) is 0 Å². The lowest BCUT2D eigenvalue weighted by Crippen LogP contribution is -2.47. The van der Waals surface area contributed by atoms with Gasteiger partial charge in [-0.2, -0.15) is 18.4 Å². The second kappa shape index (κ2) is 5.74. The summed E-state index contributed by atoms with van der Waals surface area (Å²) in [4.78, 5) is 1.53. The van der Waals surface area contributed by atoms with Crippen LogP contribution in [0.2, 0.25) is 5.02 Å². The molecule has 1 fully saturated rings. The number of nitriles is 1. The molecule has 3 nitrogen and oxygen atoms in total. The Balaban J connectivity index is 2.38. The van der Waals surface area contributed by atoms with E-state index in [9.17, 15) is 18.3 Å². The van der Waals surface area contributed by atoms with Gasteiger partial charge in [-0.05, 0) is 37.5 Å². The van der Waals surface area contributed by atoms with E-state index in [4.69, 9.17) is 16.9 Å². The highest BCUT2D eigenvalue weighted by Gasteiger charge is 2.47. The predicted molar refractivity (Wildman–Crippen MR) is 73.3 cm³/mol. The van der Waals surface area contributed by atoms with Crippen molar-refractivity contribution in [1.29, 1.82) is 5.26 Å². The number of aliphatic hydroxyl groups is 1. The van der Waals surface area contributed by atoms with Gasteiger partial charge in [0.1, 0.15) is 6.07 Å². The second-order valence-electron chi connectivity index (χ2n) is 5.07. The lowest BCUT2D eigenvalue weighted by atomic mass is 10.0. The minimum Gasteiger partial charge on any atom is -0.382 e. The van der Waals surface area contributed by atoms with Crippen LogP contribution in [0.5, 0.6) is 0 Å². The quantitative estimate of drug-likeness (QED) is 0.909. The van der Waals surface area contributed by atoms with Gasteiger partial charge < -0.3 is 10.0 Å². The molecule has 1 heterocycles. The highest BCUT2D eigenvalue weighted by atomic mass is 35.5. The number of benzene rings is 1. The lowest BCUT2D eigenvalue weighted by Gasteiger charge is -2.32. The number of alkyl halides is 3. The standard InChI is InChI=1S/C14H14ClF3N2O/c1-8-10(5-4-9(7-19)12(8)15)20-6-2-3-11(20)13(21)14(16,17)18/h4-5,11,13,21H,2-3,6H2,1H3/t11?,13-/m0/s1. The van der Waals surface area contributed by atoms with Crippen molar-refractivity contribution in [1.82, 2.24) is 0 Å². The Morgan fingerprint density at radius 2 is 2.14 bits per heavy atom. The zero-order chi connectivity index (χ0) is 15.8. The minimum atomic E-state index is -4.66. The molecule has 0 radical (unpaired) electrons. The molecule has 0 amide bonds. The Morgan fingerprint density at radius 3 is 2.71 bits per heavy atom. The highest BCUT2D eigenvalue weighted by molar-refractivity contribution is 6.32. The van der Waals surface area contributed by atoms with Crippen LogP contribution in [0.15, 0.2) is 12.1 Å². The molecule has 1 aliphatic rings. The Kier molecular flexibility index (Phi) is 4.35. The van der Waals surface area contributed by atoms with Crippen LogP contribution < -0.4 is 4.90 Å². The molecule has 1 aromatic rings. The smallest absolute Gasteiger partial charge is 0.382 e. The van der Waals surface area contributed by atoms with Crippen molar-refractivity contribution in [2.24, 2.45) is 0 Å². The van der Waals surface area contributed by atoms with E-state index in [1.54, 1.807) is 13.0 Å². The fourth-order valence-electron chi connectivity index (χ4n) is 2.71. The Hall–Kier alpha value is -1.45. The Labute approximate surface area is 125 Å². The van der Waals surface area contributed by atoms with Crippen LogP contribution in [0, 0.1) is 18.3 Å². The van der Waals surface area contributed by atoms with Gasteiger partial charge >= 0.3 is 6.18 Å². The maximum atomic E-state index is 12.7. The molecule has 0 aromatic heterocycles. The summed E-state index contributed by atoms with van der Waals surface area (Å²) in [5.74, 6) is 0. The molecule has 0 bridgehead atoms. The number of hydrogen-bond donors (Lipinski definition) is 1. The molecule has 1 aromatic carbocycles. The molecule has 7 heteroatoms. The van der Waals surface area contributed by atoms with Gasteiger partial charge in [0.15, 0.2) is 6.10 Å². The molecule has 1 saturated heterocycles. The van der Waals surface area contributed by atoms with Gasteiger partial charge in [0.25, 0.3) is 0 Å². The summed E-state index contributed by atoms with van der Waals surface area (Å²) in [6, 6.07) is 3.98. The number of aliphatic hydroxyl groups excluding tert-OH is 1. The molecule has 2 rings (SSSR count). The van der Waals surface area contributed by atoms with Gasteiger partial charge in [0.05, 0.1) is 16.6 Å². The molecule has 1 N–H and O–H groups in total. The van der Waals surface area contributed by atoms with Gasteiger partial charge in [-0.3, -0.25) is 0 Å². The van der Waals surface area contributed by atoms with Crippen molar-refractivity contribution in [2.75, 3.05) is 11.4 Å². The van der Waals surface area contributed by atoms with E-state index in [-0.39, 0.29) is 17.0 Å². The first-order valence-corrected chi connectivity index (χ1v) is 6.85. The largest absolute Gasteiger partial charge is 0.416 e. The number of halogens is 4. The third-order valence-corrected chi connectivity index (χ3v) is 4.27. The zero-order valence-electron chi connectivity index (χ0n) is 11.3. The van der Waals surface area contributed by atoms with E-state index in [1.165, 1.54) is 11.0 Å². The first-order valence-electron chi connectivity index (χ1n) is 6.48. The molecule has 0 spiro atoms. The van der Waals surface area contributed by atoms with E-state index in [1.807, 2.05) is 6.07 Å². The van der Waals surface area contributed by atoms with Crippen LogP contribution in [0.4, 0.5) is 18.9 Å². The third-order valence-electron chi connectivity index (χ3n) is 3.79. The van der Waals surface area contributed by atoms with Crippen molar-refractivity contribution in [3.05, 3.63) is 28.3 Å². The molecule has 1 unspecified atom stereocenters. The van der Waals surface area contributed by atoms with E-state index in [0.29, 0.717) is 24.2 Å². The van der Waals surface area contributed by atoms with E-state index in [2.05, 4.69) is 0 Å². The lowest BCUT2D eigenvalue weighted by molar-refractivity contribution is -0.209. The third kappa shape index (κ3) is 2.94. The van der Waals surface area contributed by atoms with Crippen molar-refractivity contribution >= 4 is 17.3 Å². The minimum absolute atomic E-state index is 0.238. The first kappa shape index (κ1) is 15.9. The maximum absolute atomic E-state index is 12.7. The van der Waals surface area contributed by atoms with Gasteiger partial charge in [-0.25, -0.2) is 0 Å². The van der Waals surface area contributed by atoms with Crippen LogP contribution in [0.1, 0.15) is 24.0 Å². The molecular weight excluding hydrogens is 305 g/mol. The number of rotatable bonds is 2. The zero-order valence-corrected chi connectivity index (χ0v) is 12.0. The summed E-state index contributed by atoms with van der Waals surface area (Å²) >= 11 is 6.06. The molecule has 0 saturated carbocycles. The number of anilines is 1. The normalized spacial score (nSPS) is 20.4. The highest BCUT2D eigenvalue weighted by Crippen LogP contribution is 2.37. The van der Waals surface area contributed by atoms with Crippen molar-refractivity contribution in [3.63, 3.8) is 0 Å². The van der Waals surface area contributed by atoms with Crippen molar-refractivity contribution in [3.8, 4) is 6.07 Å². The number of hydrogen-bond acceptors (Lipinski definition) is 3. The van der Waals surface area contributed by atoms with Crippen molar-refractivity contribution < 1.29 is 18.3 Å². The molecule has 1 aliphatic heterocycles. The molecule has 21 heavy (non-hydrogen) atoms. The van der Waals surface area contributed by atoms with Gasteiger partial charge in [-0.1, -0.05) is 11.6 Å². The SMILES string of the molecule is Cc1c(N2CCCC2[C@H](O)C(F)(F)F)ccc(C#N)c1Cl. The fourth-order valence-corrected chi connectivity index (χ4v) is 2.91. The predicted octanol–water partition coefficient (Wildman–Crippen LogP) is 3.41. The molecule has 2 atom stereocenters. The van der Waals surface area contributed by atoms with Gasteiger partial charge in [0, 0.05) is 12.2 Å². The second-order valence-corrected chi connectivity index (χ2v) is 5.45. The van der Waals surface area contributed by atoms with E-state index >= 15 is 0 Å². The Morgan fingerprint density at radius 1 is 1.48 bits per heavy atom. The summed E-state index contributed by atoms with van der Waals surface area (Å²) in [6.07, 6.45) is -6.22. The van der Waals surface area contributed by atoms with Crippen LogP contribution in [0.3, 0.4) is 0 Å². The van der Waals surface area contributed by atoms with Gasteiger partial charge in [-0.15, -0.1) is 0 Å². The molecule has 0 aliphatic carbocycles. The summed E-state index contributed by atoms with van der Waals surface area (Å²) in [5, 5.41) is 18.7. The van der Waals surface area contributed by atoms with Crippen LogP contribution in [0.25, 0.3) is 0 Å². The first-order chi connectivity index (χ1) is 9.77. The summed E-state index contributed by atoms with van der Waals surface area (Å²) in [7, 11) is 0. The fraction of sp³-hybridized carbons (Fsp3) is 0.500. The van der Waals surface area contributed by atoms with Gasteiger partial charge in [0.2, 0.25) is 0 Å².